The Hall–Kier alpha value is -3.95. The molecule has 0 saturated heterocycles. The maximum absolute atomic E-state index is 13.2. The first-order valence-corrected chi connectivity index (χ1v) is 14.9. The first-order chi connectivity index (χ1) is 16.9. The lowest BCUT2D eigenvalue weighted by atomic mass is 9.99. The molecule has 4 rings (SSSR count). The zero-order valence-electron chi connectivity index (χ0n) is 20.1. The molecule has 0 unspecified atom stereocenters. The molecule has 1 aliphatic rings. The second-order valence-corrected chi connectivity index (χ2v) is 13.9. The van der Waals surface area contributed by atoms with Crippen LogP contribution in [-0.4, -0.2) is 14.0 Å². The van der Waals surface area contributed by atoms with Crippen molar-refractivity contribution in [1.82, 2.24) is 0 Å². The van der Waals surface area contributed by atoms with Crippen LogP contribution in [0.5, 0.6) is 5.75 Å². The molecule has 0 amide bonds. The zero-order valence-corrected chi connectivity index (χ0v) is 21.1. The third kappa shape index (κ3) is 6.56. The predicted molar refractivity (Wildman–Crippen MR) is 137 cm³/mol. The van der Waals surface area contributed by atoms with Crippen molar-refractivity contribution < 1.29 is 23.7 Å². The largest absolute Gasteiger partial charge is 0.488 e. The average Bonchev–Trinajstić information content (AvgIpc) is 3.40. The molecular weight excluding hydrogens is 456 g/mol. The molecule has 3 aromatic rings. The minimum atomic E-state index is -1.77. The summed E-state index contributed by atoms with van der Waals surface area (Å²) in [5.41, 5.74) is 6.73. The molecule has 3 aromatic carbocycles. The van der Waals surface area contributed by atoms with E-state index in [2.05, 4.69) is 31.1 Å². The molecule has 0 spiro atoms. The van der Waals surface area contributed by atoms with Crippen LogP contribution in [-0.2, 0) is 27.4 Å². The minimum Gasteiger partial charge on any atom is -0.488 e. The number of hydrogen-bond donors (Lipinski definition) is 0. The summed E-state index contributed by atoms with van der Waals surface area (Å²) in [4.78, 5) is 13.2. The maximum Gasteiger partial charge on any atom is 0.339 e. The SMILES string of the molecule is C[Si](C)(C)C#Cc1c(C(=O)OCc2ccccc2)ccc(OCc2ccccc2)c1C1OC=CO1. The van der Waals surface area contributed by atoms with Gasteiger partial charge in [0.1, 0.15) is 39.6 Å². The highest BCUT2D eigenvalue weighted by atomic mass is 28.3. The number of benzene rings is 3. The van der Waals surface area contributed by atoms with Crippen molar-refractivity contribution in [2.75, 3.05) is 0 Å². The predicted octanol–water partition coefficient (Wildman–Crippen LogP) is 6.37. The standard InChI is InChI=1S/C29H28O5Si/c1-35(2,3)19-16-24-25(28(30)34-21-23-12-8-5-9-13-23)14-15-26(27(24)29-31-17-18-32-29)33-20-22-10-6-4-7-11-22/h4-15,17-18,29H,20-21H2,1-3H3. The van der Waals surface area contributed by atoms with Gasteiger partial charge < -0.3 is 18.9 Å². The number of esters is 1. The van der Waals surface area contributed by atoms with Crippen LogP contribution in [0.4, 0.5) is 0 Å². The van der Waals surface area contributed by atoms with Gasteiger partial charge in [-0.2, -0.15) is 0 Å². The van der Waals surface area contributed by atoms with Crippen molar-refractivity contribution in [1.29, 1.82) is 0 Å². The first kappa shape index (κ1) is 24.2. The van der Waals surface area contributed by atoms with E-state index in [0.29, 0.717) is 29.0 Å². The second-order valence-electron chi connectivity index (χ2n) is 9.11. The van der Waals surface area contributed by atoms with E-state index in [4.69, 9.17) is 18.9 Å². The highest BCUT2D eigenvalue weighted by Gasteiger charge is 2.29. The van der Waals surface area contributed by atoms with E-state index in [1.807, 2.05) is 60.7 Å². The van der Waals surface area contributed by atoms with Crippen molar-refractivity contribution in [3.05, 3.63) is 113 Å². The van der Waals surface area contributed by atoms with Gasteiger partial charge in [0.2, 0.25) is 0 Å². The van der Waals surface area contributed by atoms with E-state index >= 15 is 0 Å². The van der Waals surface area contributed by atoms with Gasteiger partial charge in [0, 0.05) is 0 Å². The van der Waals surface area contributed by atoms with Gasteiger partial charge in [-0.1, -0.05) is 86.2 Å². The molecule has 0 aliphatic carbocycles. The molecular formula is C29H28O5Si. The lowest BCUT2D eigenvalue weighted by Crippen LogP contribution is -2.17. The van der Waals surface area contributed by atoms with E-state index < -0.39 is 20.3 Å². The molecule has 6 heteroatoms. The Morgan fingerprint density at radius 1 is 0.857 bits per heavy atom. The lowest BCUT2D eigenvalue weighted by Gasteiger charge is -2.20. The molecule has 5 nitrogen and oxygen atoms in total. The van der Waals surface area contributed by atoms with Crippen molar-refractivity contribution >= 4 is 14.0 Å². The van der Waals surface area contributed by atoms with Crippen molar-refractivity contribution in [2.45, 2.75) is 39.1 Å². The Morgan fingerprint density at radius 2 is 1.46 bits per heavy atom. The Bertz CT molecular complexity index is 1240. The van der Waals surface area contributed by atoms with Gasteiger partial charge >= 0.3 is 5.97 Å². The molecule has 0 saturated carbocycles. The summed E-state index contributed by atoms with van der Waals surface area (Å²) in [5.74, 6) is 3.34. The Kier molecular flexibility index (Phi) is 7.59. The number of carbonyl (C=O) groups is 1. The van der Waals surface area contributed by atoms with Gasteiger partial charge in [0.25, 0.3) is 6.29 Å². The van der Waals surface area contributed by atoms with Gasteiger partial charge in [-0.3, -0.25) is 0 Å². The topological polar surface area (TPSA) is 54.0 Å². The molecule has 0 fully saturated rings. The third-order valence-corrected chi connectivity index (χ3v) is 6.01. The normalized spacial score (nSPS) is 12.8. The number of ether oxygens (including phenoxy) is 4. The van der Waals surface area contributed by atoms with E-state index in [1.54, 1.807) is 12.1 Å². The third-order valence-electron chi connectivity index (χ3n) is 5.13. The van der Waals surface area contributed by atoms with Crippen LogP contribution in [0.15, 0.2) is 85.3 Å². The smallest absolute Gasteiger partial charge is 0.339 e. The molecule has 0 radical (unpaired) electrons. The van der Waals surface area contributed by atoms with E-state index in [0.717, 1.165) is 11.1 Å². The van der Waals surface area contributed by atoms with Crippen LogP contribution in [0.2, 0.25) is 19.6 Å². The van der Waals surface area contributed by atoms with Gasteiger partial charge in [0.15, 0.2) is 0 Å². The Morgan fingerprint density at radius 3 is 2.06 bits per heavy atom. The number of hydrogen-bond acceptors (Lipinski definition) is 5. The van der Waals surface area contributed by atoms with Crippen molar-refractivity contribution in [3.8, 4) is 17.2 Å². The maximum atomic E-state index is 13.2. The molecule has 0 aromatic heterocycles. The van der Waals surface area contributed by atoms with E-state index in [9.17, 15) is 4.79 Å². The van der Waals surface area contributed by atoms with Gasteiger partial charge in [-0.25, -0.2) is 4.79 Å². The highest BCUT2D eigenvalue weighted by molar-refractivity contribution is 6.83. The zero-order chi connectivity index (χ0) is 24.7. The fourth-order valence-corrected chi connectivity index (χ4v) is 3.93. The minimum absolute atomic E-state index is 0.167. The molecule has 0 atom stereocenters. The fraction of sp³-hybridized carbons (Fsp3) is 0.207. The van der Waals surface area contributed by atoms with Crippen LogP contribution in [0.1, 0.15) is 38.9 Å². The summed E-state index contributed by atoms with van der Waals surface area (Å²) in [7, 11) is -1.77. The van der Waals surface area contributed by atoms with Gasteiger partial charge in [-0.05, 0) is 23.3 Å². The summed E-state index contributed by atoms with van der Waals surface area (Å²) in [5, 5.41) is 0. The average molecular weight is 485 g/mol. The summed E-state index contributed by atoms with van der Waals surface area (Å²) in [6, 6.07) is 22.9. The van der Waals surface area contributed by atoms with Crippen LogP contribution in [0.3, 0.4) is 0 Å². The molecule has 0 bridgehead atoms. The van der Waals surface area contributed by atoms with Crippen molar-refractivity contribution in [2.24, 2.45) is 0 Å². The van der Waals surface area contributed by atoms with Crippen LogP contribution >= 0.6 is 0 Å². The Balaban J connectivity index is 1.72. The highest BCUT2D eigenvalue weighted by Crippen LogP contribution is 2.37. The summed E-state index contributed by atoms with van der Waals surface area (Å²) < 4.78 is 23.2. The molecule has 1 heterocycles. The van der Waals surface area contributed by atoms with Gasteiger partial charge in [0.05, 0.1) is 16.7 Å². The quantitative estimate of drug-likeness (QED) is 0.222. The first-order valence-electron chi connectivity index (χ1n) is 11.4. The van der Waals surface area contributed by atoms with E-state index in [-0.39, 0.29) is 6.61 Å². The Labute approximate surface area is 207 Å². The van der Waals surface area contributed by atoms with Crippen molar-refractivity contribution in [3.63, 3.8) is 0 Å². The summed E-state index contributed by atoms with van der Waals surface area (Å²) >= 11 is 0. The second kappa shape index (κ2) is 11.0. The summed E-state index contributed by atoms with van der Waals surface area (Å²) in [6.07, 6.45) is 2.18. The van der Waals surface area contributed by atoms with Crippen LogP contribution in [0, 0.1) is 11.5 Å². The van der Waals surface area contributed by atoms with Crippen LogP contribution in [0.25, 0.3) is 0 Å². The lowest BCUT2D eigenvalue weighted by molar-refractivity contribution is -0.0268. The van der Waals surface area contributed by atoms with E-state index in [1.165, 1.54) is 12.5 Å². The monoisotopic (exact) mass is 484 g/mol. The number of rotatable bonds is 7. The molecule has 0 N–H and O–H groups in total. The number of carbonyl (C=O) groups excluding carboxylic acids is 1. The summed E-state index contributed by atoms with van der Waals surface area (Å²) in [6.45, 7) is 6.96. The molecule has 1 aliphatic heterocycles. The van der Waals surface area contributed by atoms with Crippen LogP contribution < -0.4 is 4.74 Å². The molecule has 35 heavy (non-hydrogen) atoms. The molecule has 178 valence electrons. The fourth-order valence-electron chi connectivity index (χ4n) is 3.43. The van der Waals surface area contributed by atoms with Gasteiger partial charge in [-0.15, -0.1) is 5.54 Å².